The molecule has 1 saturated heterocycles. The highest BCUT2D eigenvalue weighted by Crippen LogP contribution is 2.26. The Bertz CT molecular complexity index is 1020. The van der Waals surface area contributed by atoms with Crippen molar-refractivity contribution in [2.75, 3.05) is 31.2 Å². The second-order valence-electron chi connectivity index (χ2n) is 6.25. The predicted octanol–water partition coefficient (Wildman–Crippen LogP) is 2.62. The molecule has 7 heteroatoms. The molecule has 0 spiro atoms. The summed E-state index contributed by atoms with van der Waals surface area (Å²) in [6.07, 6.45) is 7.31. The highest BCUT2D eigenvalue weighted by molar-refractivity contribution is 5.70. The molecule has 0 aliphatic carbocycles. The van der Waals surface area contributed by atoms with Gasteiger partial charge >= 0.3 is 0 Å². The number of aromatic nitrogens is 5. The zero-order valence-electron chi connectivity index (χ0n) is 14.2. The van der Waals surface area contributed by atoms with Crippen LogP contribution in [0.4, 0.5) is 5.69 Å². The smallest absolute Gasteiger partial charge is 0.149 e. The Hall–Kier alpha value is -3.19. The average molecular weight is 346 g/mol. The van der Waals surface area contributed by atoms with Gasteiger partial charge in [0.15, 0.2) is 0 Å². The van der Waals surface area contributed by atoms with Crippen LogP contribution in [0.2, 0.25) is 0 Å². The number of morpholine rings is 1. The fourth-order valence-electron chi connectivity index (χ4n) is 3.31. The van der Waals surface area contributed by atoms with E-state index in [1.54, 1.807) is 12.4 Å². The van der Waals surface area contributed by atoms with Gasteiger partial charge in [-0.1, -0.05) is 12.1 Å². The van der Waals surface area contributed by atoms with E-state index in [0.717, 1.165) is 54.6 Å². The third kappa shape index (κ3) is 2.62. The van der Waals surface area contributed by atoms with Crippen LogP contribution in [0, 0.1) is 0 Å². The summed E-state index contributed by atoms with van der Waals surface area (Å²) in [7, 11) is 0. The van der Waals surface area contributed by atoms with E-state index in [1.807, 2.05) is 22.9 Å². The fraction of sp³-hybridized carbons (Fsp3) is 0.211. The average Bonchev–Trinajstić information content (AvgIpc) is 3.40. The number of hydrogen-bond acceptors (Lipinski definition) is 5. The van der Waals surface area contributed by atoms with Crippen molar-refractivity contribution in [1.82, 2.24) is 24.6 Å². The fourth-order valence-corrected chi connectivity index (χ4v) is 3.31. The van der Waals surface area contributed by atoms with Crippen LogP contribution in [-0.4, -0.2) is 50.9 Å². The molecule has 0 unspecified atom stereocenters. The minimum absolute atomic E-state index is 0.786. The summed E-state index contributed by atoms with van der Waals surface area (Å²) < 4.78 is 7.40. The Morgan fingerprint density at radius 2 is 1.88 bits per heavy atom. The van der Waals surface area contributed by atoms with Gasteiger partial charge in [-0.05, 0) is 12.1 Å². The third-order valence-corrected chi connectivity index (χ3v) is 4.69. The van der Waals surface area contributed by atoms with Crippen molar-refractivity contribution in [2.45, 2.75) is 0 Å². The molecule has 130 valence electrons. The summed E-state index contributed by atoms with van der Waals surface area (Å²) in [4.78, 5) is 11.6. The van der Waals surface area contributed by atoms with Crippen LogP contribution in [0.3, 0.4) is 0 Å². The summed E-state index contributed by atoms with van der Waals surface area (Å²) in [5.74, 6) is 0.820. The zero-order chi connectivity index (χ0) is 17.3. The van der Waals surface area contributed by atoms with Crippen LogP contribution < -0.4 is 4.90 Å². The second kappa shape index (κ2) is 6.27. The van der Waals surface area contributed by atoms with Crippen LogP contribution >= 0.6 is 0 Å². The van der Waals surface area contributed by atoms with Crippen LogP contribution in [0.15, 0.2) is 55.1 Å². The standard InChI is InChI=1S/C19H18N6O/c1-3-16(24-7-9-26-10-8-24)4-2-14(1)17-11-18-20-5-6-25(18)19(23-17)15-12-21-22-13-15/h1-6,11-13H,7-10H2,(H,21,22). The summed E-state index contributed by atoms with van der Waals surface area (Å²) in [5, 5.41) is 6.89. The number of benzene rings is 1. The number of rotatable bonds is 3. The van der Waals surface area contributed by atoms with E-state index >= 15 is 0 Å². The van der Waals surface area contributed by atoms with E-state index < -0.39 is 0 Å². The number of imidazole rings is 1. The highest BCUT2D eigenvalue weighted by Gasteiger charge is 2.13. The van der Waals surface area contributed by atoms with Gasteiger partial charge in [-0.3, -0.25) is 9.50 Å². The first-order valence-corrected chi connectivity index (χ1v) is 8.65. The van der Waals surface area contributed by atoms with E-state index in [9.17, 15) is 0 Å². The number of ether oxygens (including phenoxy) is 1. The van der Waals surface area contributed by atoms with Crippen molar-refractivity contribution in [3.05, 3.63) is 55.1 Å². The number of nitrogens with one attached hydrogen (secondary N) is 1. The number of H-pyrrole nitrogens is 1. The lowest BCUT2D eigenvalue weighted by Gasteiger charge is -2.28. The van der Waals surface area contributed by atoms with Gasteiger partial charge in [0.1, 0.15) is 11.5 Å². The molecule has 1 aliphatic heterocycles. The van der Waals surface area contributed by atoms with Crippen molar-refractivity contribution >= 4 is 11.3 Å². The largest absolute Gasteiger partial charge is 0.378 e. The van der Waals surface area contributed by atoms with Gasteiger partial charge in [0.05, 0.1) is 30.7 Å². The number of aromatic amines is 1. The van der Waals surface area contributed by atoms with Gasteiger partial charge in [0, 0.05) is 49.0 Å². The van der Waals surface area contributed by atoms with Gasteiger partial charge in [0.25, 0.3) is 0 Å². The number of nitrogens with zero attached hydrogens (tertiary/aromatic N) is 5. The van der Waals surface area contributed by atoms with Crippen LogP contribution in [0.25, 0.3) is 28.3 Å². The predicted molar refractivity (Wildman–Crippen MR) is 99.0 cm³/mol. The van der Waals surface area contributed by atoms with Gasteiger partial charge in [0.2, 0.25) is 0 Å². The number of fused-ring (bicyclic) bond motifs is 1. The molecular weight excluding hydrogens is 328 g/mol. The SMILES string of the molecule is c1cn2c(-c3cn[nH]c3)nc(-c3ccc(N4CCOCC4)cc3)cc2n1. The lowest BCUT2D eigenvalue weighted by molar-refractivity contribution is 0.122. The summed E-state index contributed by atoms with van der Waals surface area (Å²) in [6.45, 7) is 3.44. The highest BCUT2D eigenvalue weighted by atomic mass is 16.5. The van der Waals surface area contributed by atoms with Gasteiger partial charge in [-0.2, -0.15) is 5.10 Å². The van der Waals surface area contributed by atoms with Crippen molar-refractivity contribution in [1.29, 1.82) is 0 Å². The second-order valence-corrected chi connectivity index (χ2v) is 6.25. The first-order valence-electron chi connectivity index (χ1n) is 8.65. The van der Waals surface area contributed by atoms with Crippen molar-refractivity contribution in [3.63, 3.8) is 0 Å². The monoisotopic (exact) mass is 346 g/mol. The van der Waals surface area contributed by atoms with E-state index in [2.05, 4.69) is 44.3 Å². The maximum atomic E-state index is 5.43. The minimum Gasteiger partial charge on any atom is -0.378 e. The lowest BCUT2D eigenvalue weighted by Crippen LogP contribution is -2.36. The summed E-state index contributed by atoms with van der Waals surface area (Å²) in [6, 6.07) is 10.5. The molecular formula is C19H18N6O. The van der Waals surface area contributed by atoms with E-state index in [0.29, 0.717) is 0 Å². The van der Waals surface area contributed by atoms with Gasteiger partial charge in [-0.15, -0.1) is 0 Å². The van der Waals surface area contributed by atoms with E-state index in [4.69, 9.17) is 9.72 Å². The normalized spacial score (nSPS) is 14.8. The van der Waals surface area contributed by atoms with Crippen molar-refractivity contribution in [3.8, 4) is 22.6 Å². The molecule has 0 amide bonds. The quantitative estimate of drug-likeness (QED) is 0.617. The molecule has 4 heterocycles. The van der Waals surface area contributed by atoms with Crippen molar-refractivity contribution in [2.24, 2.45) is 0 Å². The Labute approximate surface area is 150 Å². The lowest BCUT2D eigenvalue weighted by atomic mass is 10.1. The third-order valence-electron chi connectivity index (χ3n) is 4.69. The first kappa shape index (κ1) is 15.1. The summed E-state index contributed by atoms with van der Waals surface area (Å²) in [5.41, 5.74) is 4.97. The molecule has 4 aromatic rings. The van der Waals surface area contributed by atoms with Crippen LogP contribution in [0.5, 0.6) is 0 Å². The molecule has 1 N–H and O–H groups in total. The van der Waals surface area contributed by atoms with Crippen molar-refractivity contribution < 1.29 is 4.74 Å². The number of anilines is 1. The molecule has 1 aliphatic rings. The molecule has 3 aromatic heterocycles. The Kier molecular flexibility index (Phi) is 3.64. The topological polar surface area (TPSA) is 71.3 Å². The van der Waals surface area contributed by atoms with Gasteiger partial charge < -0.3 is 9.64 Å². The minimum atomic E-state index is 0.786. The Morgan fingerprint density at radius 1 is 1.04 bits per heavy atom. The molecule has 5 rings (SSSR count). The van der Waals surface area contributed by atoms with Crippen LogP contribution in [0.1, 0.15) is 0 Å². The molecule has 0 saturated carbocycles. The van der Waals surface area contributed by atoms with Gasteiger partial charge in [-0.25, -0.2) is 9.97 Å². The Morgan fingerprint density at radius 3 is 2.65 bits per heavy atom. The molecule has 0 bridgehead atoms. The molecule has 1 aromatic carbocycles. The maximum Gasteiger partial charge on any atom is 0.149 e. The van der Waals surface area contributed by atoms with E-state index in [1.165, 1.54) is 5.69 Å². The number of hydrogen-bond donors (Lipinski definition) is 1. The molecule has 0 radical (unpaired) electrons. The molecule has 26 heavy (non-hydrogen) atoms. The van der Waals surface area contributed by atoms with E-state index in [-0.39, 0.29) is 0 Å². The zero-order valence-corrected chi connectivity index (χ0v) is 14.2. The summed E-state index contributed by atoms with van der Waals surface area (Å²) >= 11 is 0. The maximum absolute atomic E-state index is 5.43. The van der Waals surface area contributed by atoms with Crippen LogP contribution in [-0.2, 0) is 4.74 Å². The molecule has 7 nitrogen and oxygen atoms in total. The molecule has 1 fully saturated rings. The molecule has 0 atom stereocenters. The first-order chi connectivity index (χ1) is 12.9. The Balaban J connectivity index is 1.54.